The quantitative estimate of drug-likeness (QED) is 0.695. The maximum absolute atomic E-state index is 5.81. The Bertz CT molecular complexity index is 1010. The Balaban J connectivity index is 1.62. The summed E-state index contributed by atoms with van der Waals surface area (Å²) >= 11 is 0. The van der Waals surface area contributed by atoms with Gasteiger partial charge in [-0.05, 0) is 72.6 Å². The topological polar surface area (TPSA) is 59.2 Å². The Kier molecular flexibility index (Phi) is 5.12. The lowest BCUT2D eigenvalue weighted by Crippen LogP contribution is -2.35. The lowest BCUT2D eigenvalue weighted by molar-refractivity contribution is 0.0739. The summed E-state index contributed by atoms with van der Waals surface area (Å²) in [6.45, 7) is 8.47. The van der Waals surface area contributed by atoms with E-state index in [2.05, 4.69) is 47.3 Å². The van der Waals surface area contributed by atoms with Crippen molar-refractivity contribution >= 4 is 11.0 Å². The molecule has 0 saturated carbocycles. The van der Waals surface area contributed by atoms with Crippen LogP contribution < -0.4 is 5.32 Å². The predicted molar refractivity (Wildman–Crippen MR) is 115 cm³/mol. The highest BCUT2D eigenvalue weighted by Gasteiger charge is 2.26. The fourth-order valence-electron chi connectivity index (χ4n) is 4.77. The van der Waals surface area contributed by atoms with E-state index in [1.165, 1.54) is 38.8 Å². The van der Waals surface area contributed by atoms with Crippen LogP contribution in [0.25, 0.3) is 22.2 Å². The minimum Gasteiger partial charge on any atom is -0.381 e. The van der Waals surface area contributed by atoms with Gasteiger partial charge in [0.05, 0.1) is 19.3 Å². The third-order valence-corrected chi connectivity index (χ3v) is 6.44. The normalized spacial score (nSPS) is 21.0. The molecule has 152 valence electrons. The average molecular weight is 392 g/mol. The molecule has 1 atom stereocenters. The van der Waals surface area contributed by atoms with Crippen molar-refractivity contribution in [3.05, 3.63) is 52.8 Å². The third-order valence-electron chi connectivity index (χ3n) is 6.44. The second kappa shape index (κ2) is 7.90. The largest absolute Gasteiger partial charge is 0.381 e. The molecule has 29 heavy (non-hydrogen) atoms. The van der Waals surface area contributed by atoms with Gasteiger partial charge in [0.15, 0.2) is 0 Å². The number of morpholine rings is 1. The molecule has 2 aromatic heterocycles. The summed E-state index contributed by atoms with van der Waals surface area (Å²) in [7, 11) is 0. The summed E-state index contributed by atoms with van der Waals surface area (Å²) < 4.78 is 11.4. The van der Waals surface area contributed by atoms with E-state index in [4.69, 9.17) is 9.47 Å². The monoisotopic (exact) mass is 391 g/mol. The zero-order valence-corrected chi connectivity index (χ0v) is 17.3. The van der Waals surface area contributed by atoms with Gasteiger partial charge in [0, 0.05) is 43.1 Å². The molecule has 4 heterocycles. The molecule has 3 aromatic rings. The van der Waals surface area contributed by atoms with E-state index in [-0.39, 0.29) is 6.04 Å². The van der Waals surface area contributed by atoms with Crippen LogP contribution in [0.2, 0.25) is 0 Å². The average Bonchev–Trinajstić information content (AvgIpc) is 3.15. The molecule has 2 N–H and O–H groups in total. The van der Waals surface area contributed by atoms with Crippen molar-refractivity contribution in [1.82, 2.24) is 15.3 Å². The standard InChI is InChI=1S/C24H29N3O2/c1-15-9-21(17-3-6-28-7-4-17)22(23-14-29-8-5-25-23)11-19(15)18-10-20-16(2)12-26-24(20)27-13-18/h9-13,17,23,25H,3-8,14H2,1-2H3,(H,26,27). The van der Waals surface area contributed by atoms with E-state index < -0.39 is 0 Å². The van der Waals surface area contributed by atoms with E-state index in [9.17, 15) is 0 Å². The van der Waals surface area contributed by atoms with Crippen molar-refractivity contribution in [3.63, 3.8) is 0 Å². The Morgan fingerprint density at radius 2 is 1.83 bits per heavy atom. The fraction of sp³-hybridized carbons (Fsp3) is 0.458. The van der Waals surface area contributed by atoms with Gasteiger partial charge in [0.25, 0.3) is 0 Å². The first-order chi connectivity index (χ1) is 14.2. The number of pyridine rings is 1. The summed E-state index contributed by atoms with van der Waals surface area (Å²) in [5, 5.41) is 4.86. The zero-order chi connectivity index (χ0) is 19.8. The lowest BCUT2D eigenvalue weighted by Gasteiger charge is -2.31. The number of aromatic amines is 1. The minimum atomic E-state index is 0.242. The fourth-order valence-corrected chi connectivity index (χ4v) is 4.77. The molecule has 5 heteroatoms. The molecule has 2 fully saturated rings. The first-order valence-electron chi connectivity index (χ1n) is 10.7. The number of fused-ring (bicyclic) bond motifs is 1. The number of nitrogens with one attached hydrogen (secondary N) is 2. The lowest BCUT2D eigenvalue weighted by atomic mass is 9.82. The SMILES string of the molecule is Cc1cc(C2CCOCC2)c(C2COCCN2)cc1-c1cnc2[nH]cc(C)c2c1. The van der Waals surface area contributed by atoms with Crippen LogP contribution in [-0.2, 0) is 9.47 Å². The van der Waals surface area contributed by atoms with Gasteiger partial charge in [-0.15, -0.1) is 0 Å². The molecule has 1 unspecified atom stereocenters. The molecule has 1 aromatic carbocycles. The summed E-state index contributed by atoms with van der Waals surface area (Å²) in [6.07, 6.45) is 6.20. The van der Waals surface area contributed by atoms with Gasteiger partial charge in [0.1, 0.15) is 5.65 Å². The molecule has 0 radical (unpaired) electrons. The van der Waals surface area contributed by atoms with Crippen LogP contribution in [0.3, 0.4) is 0 Å². The number of nitrogens with zero attached hydrogens (tertiary/aromatic N) is 1. The van der Waals surface area contributed by atoms with E-state index in [0.29, 0.717) is 5.92 Å². The van der Waals surface area contributed by atoms with Crippen molar-refractivity contribution in [3.8, 4) is 11.1 Å². The van der Waals surface area contributed by atoms with Crippen LogP contribution >= 0.6 is 0 Å². The maximum atomic E-state index is 5.81. The number of ether oxygens (including phenoxy) is 2. The van der Waals surface area contributed by atoms with Crippen molar-refractivity contribution in [2.45, 2.75) is 38.6 Å². The molecule has 2 saturated heterocycles. The van der Waals surface area contributed by atoms with Crippen molar-refractivity contribution in [1.29, 1.82) is 0 Å². The number of hydrogen-bond donors (Lipinski definition) is 2. The zero-order valence-electron chi connectivity index (χ0n) is 17.3. The smallest absolute Gasteiger partial charge is 0.137 e. The third kappa shape index (κ3) is 3.59. The molecule has 0 amide bonds. The molecular formula is C24H29N3O2. The maximum Gasteiger partial charge on any atom is 0.137 e. The molecular weight excluding hydrogens is 362 g/mol. The van der Waals surface area contributed by atoms with Crippen molar-refractivity contribution in [2.75, 3.05) is 33.0 Å². The van der Waals surface area contributed by atoms with Crippen LogP contribution in [-0.4, -0.2) is 42.9 Å². The first kappa shape index (κ1) is 18.8. The van der Waals surface area contributed by atoms with Gasteiger partial charge in [0.2, 0.25) is 0 Å². The first-order valence-corrected chi connectivity index (χ1v) is 10.7. The highest BCUT2D eigenvalue weighted by molar-refractivity contribution is 5.85. The van der Waals surface area contributed by atoms with Crippen LogP contribution in [0, 0.1) is 13.8 Å². The Morgan fingerprint density at radius 1 is 0.966 bits per heavy atom. The van der Waals surface area contributed by atoms with Gasteiger partial charge in [-0.2, -0.15) is 0 Å². The number of aryl methyl sites for hydroxylation is 2. The molecule has 2 aliphatic heterocycles. The molecule has 0 bridgehead atoms. The van der Waals surface area contributed by atoms with Crippen LogP contribution in [0.5, 0.6) is 0 Å². The Labute approximate surface area is 171 Å². The second-order valence-corrected chi connectivity index (χ2v) is 8.36. The van der Waals surface area contributed by atoms with E-state index >= 15 is 0 Å². The summed E-state index contributed by atoms with van der Waals surface area (Å²) in [4.78, 5) is 7.91. The highest BCUT2D eigenvalue weighted by atomic mass is 16.5. The summed E-state index contributed by atoms with van der Waals surface area (Å²) in [5.41, 5.74) is 8.76. The van der Waals surface area contributed by atoms with Crippen LogP contribution in [0.15, 0.2) is 30.6 Å². The van der Waals surface area contributed by atoms with Gasteiger partial charge < -0.3 is 19.8 Å². The molecule has 2 aliphatic rings. The highest BCUT2D eigenvalue weighted by Crippen LogP contribution is 2.38. The van der Waals surface area contributed by atoms with Gasteiger partial charge in [-0.25, -0.2) is 4.98 Å². The van der Waals surface area contributed by atoms with Crippen LogP contribution in [0.4, 0.5) is 0 Å². The van der Waals surface area contributed by atoms with Crippen molar-refractivity contribution < 1.29 is 9.47 Å². The second-order valence-electron chi connectivity index (χ2n) is 8.36. The van der Waals surface area contributed by atoms with E-state index in [1.54, 1.807) is 0 Å². The molecule has 0 spiro atoms. The van der Waals surface area contributed by atoms with Gasteiger partial charge >= 0.3 is 0 Å². The number of H-pyrrole nitrogens is 1. The predicted octanol–water partition coefficient (Wildman–Crippen LogP) is 4.40. The van der Waals surface area contributed by atoms with E-state index in [0.717, 1.165) is 51.5 Å². The summed E-state index contributed by atoms with van der Waals surface area (Å²) in [6, 6.07) is 7.30. The minimum absolute atomic E-state index is 0.242. The van der Waals surface area contributed by atoms with Crippen LogP contribution in [0.1, 0.15) is 47.1 Å². The number of hydrogen-bond acceptors (Lipinski definition) is 4. The molecule has 5 nitrogen and oxygen atoms in total. The van der Waals surface area contributed by atoms with Crippen molar-refractivity contribution in [2.24, 2.45) is 0 Å². The van der Waals surface area contributed by atoms with E-state index in [1.807, 2.05) is 12.4 Å². The summed E-state index contributed by atoms with van der Waals surface area (Å²) in [5.74, 6) is 0.558. The number of aromatic nitrogens is 2. The van der Waals surface area contributed by atoms with Gasteiger partial charge in [-0.3, -0.25) is 0 Å². The van der Waals surface area contributed by atoms with Gasteiger partial charge in [-0.1, -0.05) is 6.07 Å². The number of rotatable bonds is 3. The Morgan fingerprint density at radius 3 is 2.62 bits per heavy atom. The Hall–Kier alpha value is -2.21. The molecule has 5 rings (SSSR count). The molecule has 0 aliphatic carbocycles. The number of benzene rings is 1.